The summed E-state index contributed by atoms with van der Waals surface area (Å²) >= 11 is 0. The maximum atomic E-state index is 12.4. The molecule has 0 aromatic carbocycles. The van der Waals surface area contributed by atoms with E-state index in [1.165, 1.54) is 0 Å². The first-order valence-corrected chi connectivity index (χ1v) is 6.52. The Bertz CT molecular complexity index is 300. The Balaban J connectivity index is 4.94. The molecule has 18 heavy (non-hydrogen) atoms. The van der Waals surface area contributed by atoms with Crippen LogP contribution in [-0.2, 0) is 9.59 Å². The minimum absolute atomic E-state index is 0.0786. The monoisotopic (exact) mass is 256 g/mol. The van der Waals surface area contributed by atoms with Gasteiger partial charge in [-0.1, -0.05) is 20.8 Å². The van der Waals surface area contributed by atoms with Gasteiger partial charge in [0.2, 0.25) is 12.3 Å². The minimum atomic E-state index is -0.482. The Morgan fingerprint density at radius 2 is 1.56 bits per heavy atom. The van der Waals surface area contributed by atoms with E-state index in [9.17, 15) is 9.59 Å². The second-order valence-electron chi connectivity index (χ2n) is 6.03. The molecule has 2 unspecified atom stereocenters. The molecule has 0 radical (unpaired) electrons. The minimum Gasteiger partial charge on any atom is -0.342 e. The van der Waals surface area contributed by atoms with Crippen molar-refractivity contribution < 1.29 is 9.59 Å². The van der Waals surface area contributed by atoms with Crippen molar-refractivity contribution >= 4 is 12.3 Å². The van der Waals surface area contributed by atoms with E-state index in [1.807, 2.05) is 34.7 Å². The second kappa shape index (κ2) is 6.21. The fourth-order valence-electron chi connectivity index (χ4n) is 1.70. The first-order valence-electron chi connectivity index (χ1n) is 6.52. The molecule has 0 rings (SSSR count). The Morgan fingerprint density at radius 3 is 1.89 bits per heavy atom. The molecule has 0 spiro atoms. The zero-order chi connectivity index (χ0) is 14.7. The van der Waals surface area contributed by atoms with Gasteiger partial charge in [0, 0.05) is 25.7 Å². The van der Waals surface area contributed by atoms with Crippen LogP contribution in [0.25, 0.3) is 0 Å². The number of amides is 2. The SMILES string of the molecule is CC(C)C(C)N(C)C(=O)C(C)C(C)(C)N(C)C=O. The van der Waals surface area contributed by atoms with E-state index in [4.69, 9.17) is 0 Å². The largest absolute Gasteiger partial charge is 0.342 e. The highest BCUT2D eigenvalue weighted by molar-refractivity contribution is 5.80. The Kier molecular flexibility index (Phi) is 5.84. The maximum absolute atomic E-state index is 12.4. The summed E-state index contributed by atoms with van der Waals surface area (Å²) in [7, 11) is 3.54. The van der Waals surface area contributed by atoms with Gasteiger partial charge in [0.15, 0.2) is 0 Å². The van der Waals surface area contributed by atoms with Gasteiger partial charge in [-0.3, -0.25) is 9.59 Å². The molecular formula is C14H28N2O2. The third kappa shape index (κ3) is 3.47. The van der Waals surface area contributed by atoms with Crippen LogP contribution >= 0.6 is 0 Å². The molecule has 0 aromatic heterocycles. The van der Waals surface area contributed by atoms with Crippen molar-refractivity contribution in [2.75, 3.05) is 14.1 Å². The van der Waals surface area contributed by atoms with Crippen LogP contribution in [0.15, 0.2) is 0 Å². The van der Waals surface area contributed by atoms with Crippen molar-refractivity contribution in [2.24, 2.45) is 11.8 Å². The van der Waals surface area contributed by atoms with Crippen LogP contribution in [0, 0.1) is 11.8 Å². The molecule has 4 heteroatoms. The smallest absolute Gasteiger partial charge is 0.227 e. The van der Waals surface area contributed by atoms with Crippen molar-refractivity contribution in [3.63, 3.8) is 0 Å². The van der Waals surface area contributed by atoms with Gasteiger partial charge in [0.25, 0.3) is 0 Å². The van der Waals surface area contributed by atoms with E-state index < -0.39 is 5.54 Å². The lowest BCUT2D eigenvalue weighted by Crippen LogP contribution is -2.53. The van der Waals surface area contributed by atoms with Crippen LogP contribution in [0.5, 0.6) is 0 Å². The number of hydrogen-bond donors (Lipinski definition) is 0. The third-order valence-electron chi connectivity index (χ3n) is 4.42. The Labute approximate surface area is 111 Å². The normalized spacial score (nSPS) is 15.2. The predicted molar refractivity (Wildman–Crippen MR) is 74.1 cm³/mol. The van der Waals surface area contributed by atoms with Crippen LogP contribution in [0.3, 0.4) is 0 Å². The summed E-state index contributed by atoms with van der Waals surface area (Å²) in [6, 6.07) is 0.192. The van der Waals surface area contributed by atoms with E-state index in [1.54, 1.807) is 16.8 Å². The molecule has 2 atom stereocenters. The Morgan fingerprint density at radius 1 is 1.11 bits per heavy atom. The summed E-state index contributed by atoms with van der Waals surface area (Å²) in [6.07, 6.45) is 0.773. The van der Waals surface area contributed by atoms with Gasteiger partial charge < -0.3 is 9.80 Å². The van der Waals surface area contributed by atoms with E-state index in [0.29, 0.717) is 5.92 Å². The van der Waals surface area contributed by atoms with Gasteiger partial charge in [-0.2, -0.15) is 0 Å². The van der Waals surface area contributed by atoms with Crippen LogP contribution in [-0.4, -0.2) is 47.8 Å². The number of rotatable bonds is 6. The molecule has 4 nitrogen and oxygen atoms in total. The molecule has 0 bridgehead atoms. The zero-order valence-electron chi connectivity index (χ0n) is 13.0. The van der Waals surface area contributed by atoms with E-state index in [0.717, 1.165) is 6.41 Å². The van der Waals surface area contributed by atoms with E-state index in [-0.39, 0.29) is 17.9 Å². The average Bonchev–Trinajstić information content (AvgIpc) is 2.33. The van der Waals surface area contributed by atoms with Crippen molar-refractivity contribution in [1.29, 1.82) is 0 Å². The molecule has 0 fully saturated rings. The van der Waals surface area contributed by atoms with Crippen LogP contribution in [0.1, 0.15) is 41.5 Å². The first-order chi connectivity index (χ1) is 8.07. The lowest BCUT2D eigenvalue weighted by atomic mass is 9.86. The summed E-state index contributed by atoms with van der Waals surface area (Å²) in [4.78, 5) is 26.7. The number of carbonyl (C=O) groups is 2. The summed E-state index contributed by atoms with van der Waals surface area (Å²) < 4.78 is 0. The predicted octanol–water partition coefficient (Wildman–Crippen LogP) is 1.99. The molecule has 0 aliphatic carbocycles. The third-order valence-corrected chi connectivity index (χ3v) is 4.42. The van der Waals surface area contributed by atoms with Gasteiger partial charge in [-0.25, -0.2) is 0 Å². The van der Waals surface area contributed by atoms with Gasteiger partial charge in [0.05, 0.1) is 5.92 Å². The molecular weight excluding hydrogens is 228 g/mol. The maximum Gasteiger partial charge on any atom is 0.227 e. The van der Waals surface area contributed by atoms with Crippen LogP contribution in [0.4, 0.5) is 0 Å². The molecule has 0 saturated carbocycles. The lowest BCUT2D eigenvalue weighted by Gasteiger charge is -2.40. The quantitative estimate of drug-likeness (QED) is 0.682. The molecule has 0 N–H and O–H groups in total. The standard InChI is InChI=1S/C14H28N2O2/c1-10(2)12(4)16(8)13(18)11(3)14(5,6)15(7)9-17/h9-12H,1-8H3. The molecule has 0 heterocycles. The van der Waals surface area contributed by atoms with Crippen molar-refractivity contribution in [3.8, 4) is 0 Å². The van der Waals surface area contributed by atoms with Gasteiger partial charge in [0.1, 0.15) is 0 Å². The van der Waals surface area contributed by atoms with Crippen molar-refractivity contribution in [1.82, 2.24) is 9.80 Å². The summed E-state index contributed by atoms with van der Waals surface area (Å²) in [6.45, 7) is 12.0. The summed E-state index contributed by atoms with van der Waals surface area (Å²) in [5.74, 6) is 0.256. The highest BCUT2D eigenvalue weighted by atomic mass is 16.2. The number of carbonyl (C=O) groups excluding carboxylic acids is 2. The highest BCUT2D eigenvalue weighted by Crippen LogP contribution is 2.25. The van der Waals surface area contributed by atoms with Crippen molar-refractivity contribution in [2.45, 2.75) is 53.1 Å². The fourth-order valence-corrected chi connectivity index (χ4v) is 1.70. The average molecular weight is 256 g/mol. The number of nitrogens with zero attached hydrogens (tertiary/aromatic N) is 2. The Hall–Kier alpha value is -1.06. The topological polar surface area (TPSA) is 40.6 Å². The van der Waals surface area contributed by atoms with Gasteiger partial charge >= 0.3 is 0 Å². The number of hydrogen-bond acceptors (Lipinski definition) is 2. The molecule has 0 aromatic rings. The molecule has 0 saturated heterocycles. The van der Waals surface area contributed by atoms with Crippen LogP contribution < -0.4 is 0 Å². The fraction of sp³-hybridized carbons (Fsp3) is 0.857. The highest BCUT2D eigenvalue weighted by Gasteiger charge is 2.37. The lowest BCUT2D eigenvalue weighted by molar-refractivity contribution is -0.142. The second-order valence-corrected chi connectivity index (χ2v) is 6.03. The van der Waals surface area contributed by atoms with Gasteiger partial charge in [-0.05, 0) is 26.7 Å². The molecule has 0 aliphatic rings. The van der Waals surface area contributed by atoms with Crippen molar-refractivity contribution in [3.05, 3.63) is 0 Å². The van der Waals surface area contributed by atoms with E-state index >= 15 is 0 Å². The van der Waals surface area contributed by atoms with E-state index in [2.05, 4.69) is 13.8 Å². The van der Waals surface area contributed by atoms with Crippen LogP contribution in [0.2, 0.25) is 0 Å². The molecule has 106 valence electrons. The molecule has 2 amide bonds. The first kappa shape index (κ1) is 16.9. The van der Waals surface area contributed by atoms with Gasteiger partial charge in [-0.15, -0.1) is 0 Å². The summed E-state index contributed by atoms with van der Waals surface area (Å²) in [5.41, 5.74) is -0.482. The zero-order valence-corrected chi connectivity index (χ0v) is 13.0. The summed E-state index contributed by atoms with van der Waals surface area (Å²) in [5, 5.41) is 0. The molecule has 0 aliphatic heterocycles.